The van der Waals surface area contributed by atoms with Crippen molar-refractivity contribution in [1.82, 2.24) is 0 Å². The van der Waals surface area contributed by atoms with Crippen LogP contribution >= 0.6 is 0 Å². The molecule has 1 aliphatic rings. The summed E-state index contributed by atoms with van der Waals surface area (Å²) in [6.45, 7) is 16.8. The van der Waals surface area contributed by atoms with E-state index in [1.165, 1.54) is 19.1 Å². The summed E-state index contributed by atoms with van der Waals surface area (Å²) >= 11 is 0. The van der Waals surface area contributed by atoms with Crippen molar-refractivity contribution in [2.75, 3.05) is 6.61 Å². The molecule has 0 aromatic heterocycles. The molecule has 0 spiro atoms. The highest BCUT2D eigenvalue weighted by Crippen LogP contribution is 2.41. The van der Waals surface area contributed by atoms with Crippen LogP contribution in [0.2, 0.25) is 18.1 Å². The molecule has 0 heterocycles. The van der Waals surface area contributed by atoms with E-state index >= 15 is 0 Å². The molecule has 0 N–H and O–H groups in total. The average Bonchev–Trinajstić information content (AvgIpc) is 2.34. The summed E-state index contributed by atoms with van der Waals surface area (Å²) in [5.74, 6) is 1.88. The maximum atomic E-state index is 11.3. The lowest BCUT2D eigenvalue weighted by atomic mass is 9.68. The predicted molar refractivity (Wildman–Crippen MR) is 88.4 cm³/mol. The zero-order valence-electron chi connectivity index (χ0n) is 14.5. The van der Waals surface area contributed by atoms with Gasteiger partial charge >= 0.3 is 0 Å². The van der Waals surface area contributed by atoms with Crippen LogP contribution in [-0.4, -0.2) is 21.2 Å². The number of carbonyl (C=O) groups is 1. The molecule has 20 heavy (non-hydrogen) atoms. The predicted octanol–water partition coefficient (Wildman–Crippen LogP) is 4.90. The van der Waals surface area contributed by atoms with Gasteiger partial charge in [0.15, 0.2) is 8.32 Å². The van der Waals surface area contributed by atoms with E-state index in [-0.39, 0.29) is 11.0 Å². The maximum Gasteiger partial charge on any atom is 0.191 e. The second kappa shape index (κ2) is 6.74. The van der Waals surface area contributed by atoms with Crippen molar-refractivity contribution in [3.05, 3.63) is 0 Å². The van der Waals surface area contributed by atoms with Crippen LogP contribution in [0.25, 0.3) is 0 Å². The monoisotopic (exact) mass is 298 g/mol. The van der Waals surface area contributed by atoms with E-state index in [4.69, 9.17) is 4.43 Å². The van der Waals surface area contributed by atoms with E-state index in [9.17, 15) is 4.79 Å². The Kier molecular flexibility index (Phi) is 6.03. The first kappa shape index (κ1) is 17.9. The first-order valence-corrected chi connectivity index (χ1v) is 11.1. The minimum atomic E-state index is -1.67. The van der Waals surface area contributed by atoms with Crippen LogP contribution in [0.15, 0.2) is 0 Å². The van der Waals surface area contributed by atoms with Gasteiger partial charge in [-0.05, 0) is 42.3 Å². The van der Waals surface area contributed by atoms with Crippen molar-refractivity contribution < 1.29 is 9.22 Å². The summed E-state index contributed by atoms with van der Waals surface area (Å²) in [6, 6.07) is 0. The van der Waals surface area contributed by atoms with E-state index < -0.39 is 8.32 Å². The van der Waals surface area contributed by atoms with Gasteiger partial charge < -0.3 is 9.22 Å². The second-order valence-electron chi connectivity index (χ2n) is 8.33. The molecule has 0 aliphatic heterocycles. The topological polar surface area (TPSA) is 26.3 Å². The third-order valence-corrected chi connectivity index (χ3v) is 10.2. The molecule has 4 atom stereocenters. The van der Waals surface area contributed by atoms with Gasteiger partial charge in [-0.2, -0.15) is 0 Å². The molecule has 0 saturated heterocycles. The Bertz CT molecular complexity index is 319. The highest BCUT2D eigenvalue weighted by molar-refractivity contribution is 6.74. The van der Waals surface area contributed by atoms with E-state index in [2.05, 4.69) is 47.7 Å². The van der Waals surface area contributed by atoms with E-state index in [0.717, 1.165) is 13.0 Å². The zero-order valence-corrected chi connectivity index (χ0v) is 15.5. The molecule has 0 aromatic carbocycles. The Labute approximate surface area is 126 Å². The molecule has 0 aromatic rings. The minimum absolute atomic E-state index is 0.247. The molecule has 1 aliphatic carbocycles. The Balaban J connectivity index is 2.65. The van der Waals surface area contributed by atoms with Gasteiger partial charge in [-0.15, -0.1) is 0 Å². The lowest BCUT2D eigenvalue weighted by Gasteiger charge is -2.41. The summed E-state index contributed by atoms with van der Waals surface area (Å²) in [7, 11) is -1.67. The van der Waals surface area contributed by atoms with Gasteiger partial charge in [-0.25, -0.2) is 0 Å². The van der Waals surface area contributed by atoms with Gasteiger partial charge in [0, 0.05) is 12.5 Å². The fraction of sp³-hybridized carbons (Fsp3) is 0.941. The first-order valence-electron chi connectivity index (χ1n) is 8.19. The Hall–Kier alpha value is -0.153. The van der Waals surface area contributed by atoms with Crippen molar-refractivity contribution in [3.63, 3.8) is 0 Å². The van der Waals surface area contributed by atoms with E-state index in [1.54, 1.807) is 0 Å². The van der Waals surface area contributed by atoms with Gasteiger partial charge in [0.2, 0.25) is 0 Å². The molecule has 0 bridgehead atoms. The molecule has 118 valence electrons. The second-order valence-corrected chi connectivity index (χ2v) is 13.1. The number of hydrogen-bond acceptors (Lipinski definition) is 2. The molecule has 3 heteroatoms. The van der Waals surface area contributed by atoms with Crippen molar-refractivity contribution in [2.45, 2.75) is 72.0 Å². The number of hydrogen-bond donors (Lipinski definition) is 0. The van der Waals surface area contributed by atoms with Crippen LogP contribution in [0.3, 0.4) is 0 Å². The standard InChI is InChI=1S/C17H34O2Si/c1-13-9-8-10-15(11-18)16(13)14(2)12-19-20(6,7)17(3,4)5/h11,13-16H,8-10,12H2,1-7H3/t13-,14-,15-,16-/m1/s1. The Morgan fingerprint density at radius 3 is 2.40 bits per heavy atom. The van der Waals surface area contributed by atoms with Crippen LogP contribution in [0, 0.1) is 23.7 Å². The SMILES string of the molecule is C[C@@H]1CCC[C@H](C=O)[C@H]1[C@H](C)CO[Si](C)(C)C(C)(C)C. The lowest BCUT2D eigenvalue weighted by molar-refractivity contribution is -0.115. The lowest BCUT2D eigenvalue weighted by Crippen LogP contribution is -2.43. The van der Waals surface area contributed by atoms with Crippen LogP contribution in [0.1, 0.15) is 53.9 Å². The summed E-state index contributed by atoms with van der Waals surface area (Å²) in [6.07, 6.45) is 4.74. The van der Waals surface area contributed by atoms with Gasteiger partial charge in [0.1, 0.15) is 6.29 Å². The fourth-order valence-electron chi connectivity index (χ4n) is 3.29. The Morgan fingerprint density at radius 1 is 1.30 bits per heavy atom. The van der Waals surface area contributed by atoms with Crippen LogP contribution < -0.4 is 0 Å². The van der Waals surface area contributed by atoms with Gasteiger partial charge in [-0.1, -0.05) is 47.5 Å². The highest BCUT2D eigenvalue weighted by atomic mass is 28.4. The molecule has 0 amide bonds. The summed E-state index contributed by atoms with van der Waals surface area (Å²) in [5.41, 5.74) is 0. The number of carbonyl (C=O) groups excluding carboxylic acids is 1. The first-order chi connectivity index (χ1) is 9.10. The molecular weight excluding hydrogens is 264 g/mol. The largest absolute Gasteiger partial charge is 0.417 e. The zero-order chi connectivity index (χ0) is 15.6. The molecule has 0 radical (unpaired) electrons. The summed E-state index contributed by atoms with van der Waals surface area (Å²) in [4.78, 5) is 11.3. The van der Waals surface area contributed by atoms with Crippen LogP contribution in [0.5, 0.6) is 0 Å². The Morgan fingerprint density at radius 2 is 1.90 bits per heavy atom. The molecule has 2 nitrogen and oxygen atoms in total. The van der Waals surface area contributed by atoms with Crippen molar-refractivity contribution in [1.29, 1.82) is 0 Å². The minimum Gasteiger partial charge on any atom is -0.417 e. The summed E-state index contributed by atoms with van der Waals surface area (Å²) in [5, 5.41) is 0.259. The smallest absolute Gasteiger partial charge is 0.191 e. The van der Waals surface area contributed by atoms with Gasteiger partial charge in [0.05, 0.1) is 0 Å². The van der Waals surface area contributed by atoms with Crippen molar-refractivity contribution in [2.24, 2.45) is 23.7 Å². The number of aldehydes is 1. The van der Waals surface area contributed by atoms with Gasteiger partial charge in [-0.3, -0.25) is 0 Å². The quantitative estimate of drug-likeness (QED) is 0.533. The third kappa shape index (κ3) is 4.17. The molecule has 1 fully saturated rings. The number of rotatable bonds is 5. The molecular formula is C17H34O2Si. The summed E-state index contributed by atoms with van der Waals surface area (Å²) < 4.78 is 6.37. The normalized spacial score (nSPS) is 30.1. The van der Waals surface area contributed by atoms with Gasteiger partial charge in [0.25, 0.3) is 0 Å². The molecule has 1 rings (SSSR count). The molecule has 1 saturated carbocycles. The highest BCUT2D eigenvalue weighted by Gasteiger charge is 2.39. The van der Waals surface area contributed by atoms with Crippen molar-refractivity contribution in [3.8, 4) is 0 Å². The van der Waals surface area contributed by atoms with Crippen LogP contribution in [0.4, 0.5) is 0 Å². The third-order valence-electron chi connectivity index (χ3n) is 5.69. The van der Waals surface area contributed by atoms with E-state index in [0.29, 0.717) is 17.8 Å². The fourth-order valence-corrected chi connectivity index (χ4v) is 4.40. The average molecular weight is 299 g/mol. The van der Waals surface area contributed by atoms with Crippen LogP contribution in [-0.2, 0) is 9.22 Å². The maximum absolute atomic E-state index is 11.3. The molecule has 0 unspecified atom stereocenters. The van der Waals surface area contributed by atoms with Crippen molar-refractivity contribution >= 4 is 14.6 Å². The van der Waals surface area contributed by atoms with E-state index in [1.807, 2.05) is 0 Å².